The molecule has 236 valence electrons. The Bertz CT molecular complexity index is 1130. The predicted molar refractivity (Wildman–Crippen MR) is 155 cm³/mol. The number of fused-ring (bicyclic) bond motifs is 4. The lowest BCUT2D eigenvalue weighted by molar-refractivity contribution is -0.256. The molecule has 3 aliphatic heterocycles. The van der Waals surface area contributed by atoms with Crippen molar-refractivity contribution in [2.24, 2.45) is 50.7 Å². The lowest BCUT2D eigenvalue weighted by Gasteiger charge is -2.64. The summed E-state index contributed by atoms with van der Waals surface area (Å²) in [6.07, 6.45) is 6.99. The van der Waals surface area contributed by atoms with Gasteiger partial charge in [-0.1, -0.05) is 34.6 Å². The van der Waals surface area contributed by atoms with E-state index in [-0.39, 0.29) is 52.0 Å². The second-order valence-electron chi connectivity index (χ2n) is 17.0. The van der Waals surface area contributed by atoms with Gasteiger partial charge in [-0.2, -0.15) is 0 Å². The minimum Gasteiger partial charge on any atom is -0.479 e. The molecule has 13 atom stereocenters. The first kappa shape index (κ1) is 28.7. The molecule has 0 radical (unpaired) electrons. The molecule has 2 spiro atoms. The van der Waals surface area contributed by atoms with Gasteiger partial charge < -0.3 is 29.2 Å². The summed E-state index contributed by atoms with van der Waals surface area (Å²) in [6, 6.07) is 0.515. The van der Waals surface area contributed by atoms with Crippen molar-refractivity contribution < 1.29 is 34.0 Å². The minimum absolute atomic E-state index is 0.0436. The number of aliphatic hydroxyl groups is 1. The molecule has 0 aromatic heterocycles. The Kier molecular flexibility index (Phi) is 6.25. The normalized spacial score (nSPS) is 56.7. The Morgan fingerprint density at radius 2 is 1.74 bits per heavy atom. The molecule has 2 N–H and O–H groups in total. The zero-order chi connectivity index (χ0) is 29.4. The van der Waals surface area contributed by atoms with E-state index in [1.165, 1.54) is 25.7 Å². The number of carboxylic acid groups (broad SMARTS) is 1. The summed E-state index contributed by atoms with van der Waals surface area (Å²) in [4.78, 5) is 14.4. The summed E-state index contributed by atoms with van der Waals surface area (Å²) in [7, 11) is 0. The molecule has 5 saturated carbocycles. The van der Waals surface area contributed by atoms with E-state index in [0.717, 1.165) is 52.2 Å². The number of hydrogen-bond donors (Lipinski definition) is 2. The van der Waals surface area contributed by atoms with Crippen LogP contribution in [0.25, 0.3) is 0 Å². The van der Waals surface area contributed by atoms with Crippen LogP contribution < -0.4 is 0 Å². The summed E-state index contributed by atoms with van der Waals surface area (Å²) in [5.41, 5.74) is 0.361. The van der Waals surface area contributed by atoms with Crippen LogP contribution >= 0.6 is 0 Å². The minimum atomic E-state index is -0.889. The van der Waals surface area contributed by atoms with Gasteiger partial charge in [0.25, 0.3) is 0 Å². The Labute approximate surface area is 251 Å². The first-order valence-corrected chi connectivity index (χ1v) is 17.0. The number of carbonyl (C=O) groups is 1. The first-order valence-electron chi connectivity index (χ1n) is 17.0. The van der Waals surface area contributed by atoms with Crippen LogP contribution in [0.1, 0.15) is 86.0 Å². The number of morpholine rings is 1. The molecule has 0 aromatic rings. The largest absolute Gasteiger partial charge is 0.479 e. The maximum atomic E-state index is 12.2. The van der Waals surface area contributed by atoms with Crippen LogP contribution in [-0.2, 0) is 23.7 Å². The summed E-state index contributed by atoms with van der Waals surface area (Å²) in [5.74, 6) is 0.611. The smallest absolute Gasteiger partial charge is 0.332 e. The average Bonchev–Trinajstić information content (AvgIpc) is 3.54. The fourth-order valence-corrected chi connectivity index (χ4v) is 13.3. The van der Waals surface area contributed by atoms with Crippen LogP contribution in [0.3, 0.4) is 0 Å². The molecule has 8 rings (SSSR count). The van der Waals surface area contributed by atoms with Crippen molar-refractivity contribution in [2.45, 2.75) is 123 Å². The number of aliphatic hydroxyl groups excluding tert-OH is 1. The molecule has 8 nitrogen and oxygen atoms in total. The highest BCUT2D eigenvalue weighted by Crippen LogP contribution is 2.89. The third kappa shape index (κ3) is 3.43. The van der Waals surface area contributed by atoms with Gasteiger partial charge in [-0.3, -0.25) is 4.90 Å². The highest BCUT2D eigenvalue weighted by Gasteiger charge is 2.84. The average molecular weight is 588 g/mol. The molecule has 0 amide bonds. The highest BCUT2D eigenvalue weighted by molar-refractivity contribution is 5.72. The second-order valence-corrected chi connectivity index (χ2v) is 17.0. The summed E-state index contributed by atoms with van der Waals surface area (Å²) in [6.45, 7) is 16.1. The predicted octanol–water partition coefficient (Wildman–Crippen LogP) is 4.33. The third-order valence-corrected chi connectivity index (χ3v) is 15.5. The number of hydrogen-bond acceptors (Lipinski definition) is 7. The van der Waals surface area contributed by atoms with Gasteiger partial charge in [0.1, 0.15) is 0 Å². The van der Waals surface area contributed by atoms with E-state index in [9.17, 15) is 15.0 Å². The second kappa shape index (κ2) is 9.16. The fraction of sp³-hybridized carbons (Fsp3) is 0.971. The molecule has 0 aromatic carbocycles. The van der Waals surface area contributed by atoms with Crippen molar-refractivity contribution in [3.05, 3.63) is 0 Å². The Morgan fingerprint density at radius 3 is 2.45 bits per heavy atom. The SMILES string of the molecule is C[C@@H]1CC(C(=O)O)OC2C1[C@@]1(C)CCC34C[C@@]35CC[C@H](O[C@H]3CN(C6COC6)CCO3)C(C)(C)[C@@H]5CC[C@H]4[C@]1(C)[C@H]2O. The molecule has 8 fully saturated rings. The zero-order valence-electron chi connectivity index (χ0n) is 26.3. The highest BCUT2D eigenvalue weighted by atomic mass is 16.7. The number of aliphatic carboxylic acids is 1. The van der Waals surface area contributed by atoms with Gasteiger partial charge in [-0.15, -0.1) is 0 Å². The van der Waals surface area contributed by atoms with E-state index in [1.54, 1.807) is 0 Å². The van der Waals surface area contributed by atoms with Crippen LogP contribution in [0.15, 0.2) is 0 Å². The van der Waals surface area contributed by atoms with Crippen LogP contribution in [0.4, 0.5) is 0 Å². The molecule has 8 heteroatoms. The lowest BCUT2D eigenvalue weighted by Crippen LogP contribution is -2.60. The van der Waals surface area contributed by atoms with Crippen molar-refractivity contribution in [1.82, 2.24) is 4.90 Å². The van der Waals surface area contributed by atoms with Gasteiger partial charge >= 0.3 is 5.97 Å². The standard InChI is InChI=1S/C34H53NO7/c1-19-14-21(29(37)38)41-27-26(19)31(4)10-11-34-18-33(34)9-8-24(42-25-15-35(12-13-40-25)20-16-39-17-20)30(2,3)22(33)6-7-23(34)32(31,5)28(27)36/h19-28,36H,6-18H2,1-5H3,(H,37,38)/t19-,21?,22+,23+,24+,25+,26?,27?,28+,31-,32-,33-,34?/m1/s1. The Balaban J connectivity index is 1.04. The van der Waals surface area contributed by atoms with Gasteiger partial charge in [0.05, 0.1) is 50.7 Å². The zero-order valence-corrected chi connectivity index (χ0v) is 26.3. The maximum Gasteiger partial charge on any atom is 0.332 e. The van der Waals surface area contributed by atoms with Gasteiger partial charge in [0, 0.05) is 12.0 Å². The quantitative estimate of drug-likeness (QED) is 0.502. The summed E-state index contributed by atoms with van der Waals surface area (Å²) < 4.78 is 24.7. The summed E-state index contributed by atoms with van der Waals surface area (Å²) >= 11 is 0. The topological polar surface area (TPSA) is 97.7 Å². The molecular weight excluding hydrogens is 534 g/mol. The molecule has 3 saturated heterocycles. The van der Waals surface area contributed by atoms with Crippen molar-refractivity contribution >= 4 is 5.97 Å². The molecule has 3 heterocycles. The van der Waals surface area contributed by atoms with E-state index in [4.69, 9.17) is 18.9 Å². The van der Waals surface area contributed by atoms with E-state index >= 15 is 0 Å². The molecule has 8 aliphatic rings. The van der Waals surface area contributed by atoms with E-state index in [1.807, 2.05) is 0 Å². The van der Waals surface area contributed by atoms with Crippen LogP contribution in [0.5, 0.6) is 0 Å². The maximum absolute atomic E-state index is 12.2. The number of ether oxygens (including phenoxy) is 4. The fourth-order valence-electron chi connectivity index (χ4n) is 13.3. The van der Waals surface area contributed by atoms with E-state index in [0.29, 0.717) is 29.7 Å². The molecule has 4 unspecified atom stereocenters. The molecule has 42 heavy (non-hydrogen) atoms. The van der Waals surface area contributed by atoms with Gasteiger partial charge in [0.2, 0.25) is 0 Å². The van der Waals surface area contributed by atoms with Crippen molar-refractivity contribution in [3.63, 3.8) is 0 Å². The number of rotatable bonds is 4. The van der Waals surface area contributed by atoms with Crippen molar-refractivity contribution in [2.75, 3.05) is 32.9 Å². The lowest BCUT2D eigenvalue weighted by atomic mass is 9.41. The Morgan fingerprint density at radius 1 is 1.00 bits per heavy atom. The van der Waals surface area contributed by atoms with E-state index in [2.05, 4.69) is 39.5 Å². The molecular formula is C34H53NO7. The van der Waals surface area contributed by atoms with Gasteiger partial charge in [-0.05, 0) is 96.7 Å². The summed E-state index contributed by atoms with van der Waals surface area (Å²) in [5, 5.41) is 22.0. The third-order valence-electron chi connectivity index (χ3n) is 15.5. The molecule has 0 bridgehead atoms. The monoisotopic (exact) mass is 587 g/mol. The van der Waals surface area contributed by atoms with E-state index < -0.39 is 18.2 Å². The first-order chi connectivity index (χ1) is 19.9. The molecule has 5 aliphatic carbocycles. The van der Waals surface area contributed by atoms with Gasteiger partial charge in [-0.25, -0.2) is 4.79 Å². The van der Waals surface area contributed by atoms with Gasteiger partial charge in [0.15, 0.2) is 12.4 Å². The van der Waals surface area contributed by atoms with Crippen LogP contribution in [-0.4, -0.2) is 90.7 Å². The number of carboxylic acids is 1. The Hall–Kier alpha value is -0.770. The van der Waals surface area contributed by atoms with Crippen LogP contribution in [0.2, 0.25) is 0 Å². The number of nitrogens with zero attached hydrogens (tertiary/aromatic N) is 1. The van der Waals surface area contributed by atoms with Crippen molar-refractivity contribution in [1.29, 1.82) is 0 Å². The van der Waals surface area contributed by atoms with Crippen LogP contribution in [0, 0.1) is 50.7 Å². The van der Waals surface area contributed by atoms with Crippen molar-refractivity contribution in [3.8, 4) is 0 Å².